The van der Waals surface area contributed by atoms with Gasteiger partial charge in [-0.2, -0.15) is 0 Å². The molecule has 1 heterocycles. The van der Waals surface area contributed by atoms with E-state index in [1.807, 2.05) is 12.1 Å². The first-order valence-electron chi connectivity index (χ1n) is 7.75. The van der Waals surface area contributed by atoms with E-state index in [0.717, 1.165) is 18.0 Å². The standard InChI is InChI=1S/C17H23NO2/c1-2-18-16-11-20-10-15(16)17(19)14-8-6-13(7-9-14)12-4-3-5-12/h6-9,12,15-16,18H,2-5,10-11H2,1H3. The summed E-state index contributed by atoms with van der Waals surface area (Å²) in [4.78, 5) is 12.6. The molecule has 1 saturated carbocycles. The van der Waals surface area contributed by atoms with Gasteiger partial charge in [0.2, 0.25) is 0 Å². The van der Waals surface area contributed by atoms with Crippen LogP contribution in [0.1, 0.15) is 48.0 Å². The van der Waals surface area contributed by atoms with Gasteiger partial charge in [0.05, 0.1) is 19.1 Å². The molecule has 0 radical (unpaired) electrons. The topological polar surface area (TPSA) is 38.3 Å². The lowest BCUT2D eigenvalue weighted by Crippen LogP contribution is -2.39. The largest absolute Gasteiger partial charge is 0.379 e. The second-order valence-electron chi connectivity index (χ2n) is 5.92. The molecule has 3 nitrogen and oxygen atoms in total. The van der Waals surface area contributed by atoms with Crippen LogP contribution in [0.2, 0.25) is 0 Å². The Bertz CT molecular complexity index is 464. The van der Waals surface area contributed by atoms with E-state index in [1.54, 1.807) is 0 Å². The Morgan fingerprint density at radius 2 is 2.00 bits per heavy atom. The van der Waals surface area contributed by atoms with Crippen LogP contribution in [0.25, 0.3) is 0 Å². The van der Waals surface area contributed by atoms with Gasteiger partial charge in [0.25, 0.3) is 0 Å². The SMILES string of the molecule is CCNC1COCC1C(=O)c1ccc(C2CCC2)cc1. The minimum atomic E-state index is -0.0375. The first-order chi connectivity index (χ1) is 9.79. The molecule has 20 heavy (non-hydrogen) atoms. The van der Waals surface area contributed by atoms with Crippen molar-refractivity contribution >= 4 is 5.78 Å². The van der Waals surface area contributed by atoms with Crippen LogP contribution in [0.4, 0.5) is 0 Å². The summed E-state index contributed by atoms with van der Waals surface area (Å²) in [6, 6.07) is 8.43. The summed E-state index contributed by atoms with van der Waals surface area (Å²) >= 11 is 0. The van der Waals surface area contributed by atoms with E-state index < -0.39 is 0 Å². The summed E-state index contributed by atoms with van der Waals surface area (Å²) in [5.74, 6) is 0.904. The maximum Gasteiger partial charge on any atom is 0.169 e. The van der Waals surface area contributed by atoms with E-state index in [0.29, 0.717) is 13.2 Å². The third kappa shape index (κ3) is 2.65. The predicted molar refractivity (Wildman–Crippen MR) is 79.1 cm³/mol. The van der Waals surface area contributed by atoms with Crippen molar-refractivity contribution in [3.63, 3.8) is 0 Å². The lowest BCUT2D eigenvalue weighted by molar-refractivity contribution is 0.0891. The van der Waals surface area contributed by atoms with Crippen molar-refractivity contribution in [1.82, 2.24) is 5.32 Å². The van der Waals surface area contributed by atoms with E-state index in [9.17, 15) is 4.79 Å². The summed E-state index contributed by atoms with van der Waals surface area (Å²) in [5.41, 5.74) is 2.21. The second-order valence-corrected chi connectivity index (χ2v) is 5.92. The van der Waals surface area contributed by atoms with Gasteiger partial charge >= 0.3 is 0 Å². The van der Waals surface area contributed by atoms with Crippen molar-refractivity contribution in [1.29, 1.82) is 0 Å². The third-order valence-electron chi connectivity index (χ3n) is 4.66. The van der Waals surface area contributed by atoms with Crippen molar-refractivity contribution < 1.29 is 9.53 Å². The zero-order valence-corrected chi connectivity index (χ0v) is 12.1. The minimum absolute atomic E-state index is 0.0375. The number of carbonyl (C=O) groups is 1. The molecule has 3 heteroatoms. The maximum absolute atomic E-state index is 12.6. The van der Waals surface area contributed by atoms with Crippen molar-refractivity contribution in [3.8, 4) is 0 Å². The van der Waals surface area contributed by atoms with E-state index in [4.69, 9.17) is 4.74 Å². The molecule has 1 saturated heterocycles. The van der Waals surface area contributed by atoms with Crippen molar-refractivity contribution in [3.05, 3.63) is 35.4 Å². The number of hydrogen-bond donors (Lipinski definition) is 1. The quantitative estimate of drug-likeness (QED) is 0.838. The number of likely N-dealkylation sites (N-methyl/N-ethyl adjacent to an activating group) is 1. The van der Waals surface area contributed by atoms with Crippen LogP contribution < -0.4 is 5.32 Å². The lowest BCUT2D eigenvalue weighted by Gasteiger charge is -2.26. The minimum Gasteiger partial charge on any atom is -0.379 e. The number of hydrogen-bond acceptors (Lipinski definition) is 3. The molecule has 1 N–H and O–H groups in total. The van der Waals surface area contributed by atoms with Crippen LogP contribution in [-0.2, 0) is 4.74 Å². The molecule has 0 aromatic heterocycles. The monoisotopic (exact) mass is 273 g/mol. The van der Waals surface area contributed by atoms with Crippen LogP contribution in [0.5, 0.6) is 0 Å². The number of nitrogens with one attached hydrogen (secondary N) is 1. The average molecular weight is 273 g/mol. The molecule has 108 valence electrons. The number of rotatable bonds is 5. The van der Waals surface area contributed by atoms with Gasteiger partial charge in [-0.1, -0.05) is 37.6 Å². The van der Waals surface area contributed by atoms with E-state index in [2.05, 4.69) is 24.4 Å². The number of benzene rings is 1. The van der Waals surface area contributed by atoms with Crippen molar-refractivity contribution in [2.45, 2.75) is 38.1 Å². The number of carbonyl (C=O) groups excluding carboxylic acids is 1. The van der Waals surface area contributed by atoms with Crippen molar-refractivity contribution in [2.24, 2.45) is 5.92 Å². The van der Waals surface area contributed by atoms with E-state index in [-0.39, 0.29) is 17.7 Å². The van der Waals surface area contributed by atoms with Crippen LogP contribution in [0, 0.1) is 5.92 Å². The molecular formula is C17H23NO2. The molecule has 0 bridgehead atoms. The maximum atomic E-state index is 12.6. The summed E-state index contributed by atoms with van der Waals surface area (Å²) < 4.78 is 5.47. The molecule has 2 unspecified atom stereocenters. The highest BCUT2D eigenvalue weighted by Gasteiger charge is 2.33. The fourth-order valence-electron chi connectivity index (χ4n) is 3.15. The Morgan fingerprint density at radius 3 is 2.60 bits per heavy atom. The van der Waals surface area contributed by atoms with Crippen LogP contribution >= 0.6 is 0 Å². The first-order valence-corrected chi connectivity index (χ1v) is 7.75. The van der Waals surface area contributed by atoms with Gasteiger partial charge in [0, 0.05) is 11.6 Å². The summed E-state index contributed by atoms with van der Waals surface area (Å²) in [6.45, 7) is 4.12. The Labute approximate surface area is 120 Å². The van der Waals surface area contributed by atoms with Gasteiger partial charge in [-0.25, -0.2) is 0 Å². The van der Waals surface area contributed by atoms with E-state index in [1.165, 1.54) is 24.8 Å². The fourth-order valence-corrected chi connectivity index (χ4v) is 3.15. The van der Waals surface area contributed by atoms with E-state index >= 15 is 0 Å². The third-order valence-corrected chi connectivity index (χ3v) is 4.66. The smallest absolute Gasteiger partial charge is 0.169 e. The van der Waals surface area contributed by atoms with Gasteiger partial charge in [0.1, 0.15) is 0 Å². The van der Waals surface area contributed by atoms with Gasteiger partial charge in [0.15, 0.2) is 5.78 Å². The molecule has 1 aliphatic heterocycles. The average Bonchev–Trinajstić information content (AvgIpc) is 2.86. The Balaban J connectivity index is 1.69. The molecule has 0 spiro atoms. The molecule has 3 rings (SSSR count). The molecule has 1 aliphatic carbocycles. The highest BCUT2D eigenvalue weighted by Crippen LogP contribution is 2.36. The fraction of sp³-hybridized carbons (Fsp3) is 0.588. The highest BCUT2D eigenvalue weighted by atomic mass is 16.5. The lowest BCUT2D eigenvalue weighted by atomic mass is 9.79. The summed E-state index contributed by atoms with van der Waals surface area (Å²) in [6.07, 6.45) is 3.94. The molecule has 1 aromatic rings. The van der Waals surface area contributed by atoms with Crippen LogP contribution in [-0.4, -0.2) is 31.6 Å². The number of Topliss-reactive ketones (excluding diaryl/α,β-unsaturated/α-hetero) is 1. The summed E-state index contributed by atoms with van der Waals surface area (Å²) in [5, 5.41) is 3.35. The molecule has 1 aromatic carbocycles. The predicted octanol–water partition coefficient (Wildman–Crippen LogP) is 2.76. The second kappa shape index (κ2) is 6.06. The Morgan fingerprint density at radius 1 is 1.25 bits per heavy atom. The zero-order valence-electron chi connectivity index (χ0n) is 12.1. The summed E-state index contributed by atoms with van der Waals surface area (Å²) in [7, 11) is 0. The molecule has 2 atom stereocenters. The van der Waals surface area contributed by atoms with Crippen LogP contribution in [0.15, 0.2) is 24.3 Å². The van der Waals surface area contributed by atoms with Crippen molar-refractivity contribution in [2.75, 3.05) is 19.8 Å². The van der Waals surface area contributed by atoms with Gasteiger partial charge in [-0.05, 0) is 30.9 Å². The molecular weight excluding hydrogens is 250 g/mol. The molecule has 0 amide bonds. The van der Waals surface area contributed by atoms with Gasteiger partial charge in [-0.3, -0.25) is 4.79 Å². The Hall–Kier alpha value is -1.19. The molecule has 2 aliphatic rings. The highest BCUT2D eigenvalue weighted by molar-refractivity contribution is 5.98. The van der Waals surface area contributed by atoms with Gasteiger partial charge < -0.3 is 10.1 Å². The van der Waals surface area contributed by atoms with Gasteiger partial charge in [-0.15, -0.1) is 0 Å². The number of ketones is 1. The first kappa shape index (κ1) is 13.8. The molecule has 2 fully saturated rings. The Kier molecular flexibility index (Phi) is 4.18. The normalized spacial score (nSPS) is 26.4. The van der Waals surface area contributed by atoms with Crippen LogP contribution in [0.3, 0.4) is 0 Å². The zero-order chi connectivity index (χ0) is 13.9. The number of ether oxygens (including phenoxy) is 1.